The molecule has 4 nitrogen and oxygen atoms in total. The number of amides is 1. The largest absolute Gasteiger partial charge is 0.508 e. The minimum Gasteiger partial charge on any atom is -0.508 e. The van der Waals surface area contributed by atoms with Gasteiger partial charge in [-0.15, -0.1) is 0 Å². The fourth-order valence-corrected chi connectivity index (χ4v) is 1.98. The molecule has 0 radical (unpaired) electrons. The molecular formula is C12H16INO3. The van der Waals surface area contributed by atoms with Crippen molar-refractivity contribution in [2.45, 2.75) is 32.3 Å². The summed E-state index contributed by atoms with van der Waals surface area (Å²) in [5, 5.41) is 21.5. The maximum absolute atomic E-state index is 11.6. The fraction of sp³-hybridized carbons (Fsp3) is 0.417. The third-order valence-electron chi connectivity index (χ3n) is 2.34. The molecule has 94 valence electrons. The van der Waals surface area contributed by atoms with E-state index in [1.54, 1.807) is 12.1 Å². The van der Waals surface area contributed by atoms with Crippen LogP contribution in [-0.2, 0) is 4.79 Å². The van der Waals surface area contributed by atoms with E-state index in [-0.39, 0.29) is 5.75 Å². The number of unbranched alkanes of at least 4 members (excludes halogenated alkanes) is 1. The number of anilines is 1. The first kappa shape index (κ1) is 14.2. The smallest absolute Gasteiger partial charge is 0.253 e. The first-order valence-corrected chi connectivity index (χ1v) is 6.60. The first-order valence-electron chi connectivity index (χ1n) is 5.52. The lowest BCUT2D eigenvalue weighted by Gasteiger charge is -2.12. The van der Waals surface area contributed by atoms with Gasteiger partial charge in [0.2, 0.25) is 0 Å². The zero-order chi connectivity index (χ0) is 12.8. The number of nitrogens with one attached hydrogen (secondary N) is 1. The van der Waals surface area contributed by atoms with E-state index < -0.39 is 12.0 Å². The van der Waals surface area contributed by atoms with Crippen LogP contribution in [-0.4, -0.2) is 22.2 Å². The first-order chi connectivity index (χ1) is 8.04. The van der Waals surface area contributed by atoms with Gasteiger partial charge in [-0.25, -0.2) is 0 Å². The zero-order valence-corrected chi connectivity index (χ0v) is 11.8. The molecular weight excluding hydrogens is 333 g/mol. The van der Waals surface area contributed by atoms with Gasteiger partial charge >= 0.3 is 0 Å². The summed E-state index contributed by atoms with van der Waals surface area (Å²) in [5.41, 5.74) is 0.601. The lowest BCUT2D eigenvalue weighted by Crippen LogP contribution is -2.27. The Kier molecular flexibility index (Phi) is 5.70. The van der Waals surface area contributed by atoms with Crippen LogP contribution in [0.2, 0.25) is 0 Å². The minimum absolute atomic E-state index is 0.152. The second kappa shape index (κ2) is 6.80. The molecule has 1 atom stereocenters. The van der Waals surface area contributed by atoms with Crippen molar-refractivity contribution in [2.75, 3.05) is 5.32 Å². The summed E-state index contributed by atoms with van der Waals surface area (Å²) in [5.74, 6) is -0.249. The Balaban J connectivity index is 2.61. The SMILES string of the molecule is CCCC[C@H](O)C(=O)Nc1ccc(O)cc1I. The number of halogens is 1. The maximum Gasteiger partial charge on any atom is 0.253 e. The monoisotopic (exact) mass is 349 g/mol. The van der Waals surface area contributed by atoms with Crippen molar-refractivity contribution in [3.8, 4) is 5.75 Å². The van der Waals surface area contributed by atoms with Crippen molar-refractivity contribution in [1.82, 2.24) is 0 Å². The highest BCUT2D eigenvalue weighted by Crippen LogP contribution is 2.23. The summed E-state index contributed by atoms with van der Waals surface area (Å²) < 4.78 is 0.735. The van der Waals surface area contributed by atoms with Gasteiger partial charge in [0.15, 0.2) is 0 Å². The molecule has 0 spiro atoms. The lowest BCUT2D eigenvalue weighted by atomic mass is 10.1. The zero-order valence-electron chi connectivity index (χ0n) is 9.61. The maximum atomic E-state index is 11.6. The van der Waals surface area contributed by atoms with Crippen molar-refractivity contribution < 1.29 is 15.0 Å². The van der Waals surface area contributed by atoms with Gasteiger partial charge < -0.3 is 15.5 Å². The normalized spacial score (nSPS) is 12.2. The van der Waals surface area contributed by atoms with Crippen molar-refractivity contribution in [3.05, 3.63) is 21.8 Å². The van der Waals surface area contributed by atoms with Crippen LogP contribution < -0.4 is 5.32 Å². The standard InChI is InChI=1S/C12H16INO3/c1-2-3-4-11(16)12(17)14-10-6-5-8(15)7-9(10)13/h5-7,11,15-16H,2-4H2,1H3,(H,14,17)/t11-/m0/s1. The molecule has 0 aliphatic heterocycles. The van der Waals surface area contributed by atoms with Gasteiger partial charge in [0.05, 0.1) is 5.69 Å². The molecule has 1 rings (SSSR count). The summed E-state index contributed by atoms with van der Waals surface area (Å²) in [6.07, 6.45) is 1.26. The van der Waals surface area contributed by atoms with Gasteiger partial charge in [-0.05, 0) is 47.2 Å². The van der Waals surface area contributed by atoms with Gasteiger partial charge in [-0.1, -0.05) is 19.8 Å². The van der Waals surface area contributed by atoms with E-state index in [9.17, 15) is 15.0 Å². The third kappa shape index (κ3) is 4.51. The molecule has 1 aromatic carbocycles. The molecule has 0 aromatic heterocycles. The van der Waals surface area contributed by atoms with Gasteiger partial charge in [-0.2, -0.15) is 0 Å². The predicted molar refractivity (Wildman–Crippen MR) is 75.0 cm³/mol. The van der Waals surface area contributed by atoms with Crippen molar-refractivity contribution >= 4 is 34.2 Å². The number of benzene rings is 1. The molecule has 0 saturated heterocycles. The van der Waals surface area contributed by atoms with Crippen LogP contribution >= 0.6 is 22.6 Å². The molecule has 17 heavy (non-hydrogen) atoms. The van der Waals surface area contributed by atoms with Crippen LogP contribution in [0.1, 0.15) is 26.2 Å². The second-order valence-corrected chi connectivity index (χ2v) is 4.97. The van der Waals surface area contributed by atoms with Crippen LogP contribution in [0.5, 0.6) is 5.75 Å². The average Bonchev–Trinajstić information content (AvgIpc) is 2.29. The van der Waals surface area contributed by atoms with Gasteiger partial charge in [-0.3, -0.25) is 4.79 Å². The number of phenolic OH excluding ortho intramolecular Hbond substituents is 1. The average molecular weight is 349 g/mol. The molecule has 0 heterocycles. The van der Waals surface area contributed by atoms with Crippen LogP contribution in [0, 0.1) is 3.57 Å². The Morgan fingerprint density at radius 1 is 1.53 bits per heavy atom. The van der Waals surface area contributed by atoms with Crippen molar-refractivity contribution in [3.63, 3.8) is 0 Å². The Morgan fingerprint density at radius 3 is 2.82 bits per heavy atom. The molecule has 0 saturated carbocycles. The molecule has 1 amide bonds. The second-order valence-electron chi connectivity index (χ2n) is 3.81. The number of rotatable bonds is 5. The van der Waals surface area contributed by atoms with Crippen molar-refractivity contribution in [1.29, 1.82) is 0 Å². The van der Waals surface area contributed by atoms with Crippen LogP contribution in [0.25, 0.3) is 0 Å². The Morgan fingerprint density at radius 2 is 2.24 bits per heavy atom. The van der Waals surface area contributed by atoms with Gasteiger partial charge in [0, 0.05) is 3.57 Å². The molecule has 0 bridgehead atoms. The Hall–Kier alpha value is -0.820. The van der Waals surface area contributed by atoms with Crippen LogP contribution in [0.15, 0.2) is 18.2 Å². The highest BCUT2D eigenvalue weighted by molar-refractivity contribution is 14.1. The van der Waals surface area contributed by atoms with E-state index in [0.717, 1.165) is 16.4 Å². The Labute approximate surface area is 114 Å². The topological polar surface area (TPSA) is 69.6 Å². The molecule has 3 N–H and O–H groups in total. The highest BCUT2D eigenvalue weighted by Gasteiger charge is 2.15. The van der Waals surface area contributed by atoms with E-state index in [1.165, 1.54) is 6.07 Å². The van der Waals surface area contributed by atoms with E-state index in [2.05, 4.69) is 5.32 Å². The highest BCUT2D eigenvalue weighted by atomic mass is 127. The molecule has 5 heteroatoms. The quantitative estimate of drug-likeness (QED) is 0.565. The van der Waals surface area contributed by atoms with Crippen LogP contribution in [0.3, 0.4) is 0 Å². The fourth-order valence-electron chi connectivity index (χ4n) is 1.35. The number of aliphatic hydroxyl groups is 1. The predicted octanol–water partition coefficient (Wildman–Crippen LogP) is 2.49. The van der Waals surface area contributed by atoms with Crippen LogP contribution in [0.4, 0.5) is 5.69 Å². The minimum atomic E-state index is -0.973. The number of phenols is 1. The summed E-state index contributed by atoms with van der Waals surface area (Å²) in [7, 11) is 0. The van der Waals surface area contributed by atoms with E-state index in [1.807, 2.05) is 29.5 Å². The Bertz CT molecular complexity index is 395. The van der Waals surface area contributed by atoms with E-state index >= 15 is 0 Å². The number of aliphatic hydroxyl groups excluding tert-OH is 1. The number of hydrogen-bond donors (Lipinski definition) is 3. The summed E-state index contributed by atoms with van der Waals surface area (Å²) in [6.45, 7) is 2.01. The van der Waals surface area contributed by atoms with E-state index in [0.29, 0.717) is 12.1 Å². The number of carbonyl (C=O) groups is 1. The van der Waals surface area contributed by atoms with Gasteiger partial charge in [0.1, 0.15) is 11.9 Å². The number of aromatic hydroxyl groups is 1. The molecule has 1 aromatic rings. The molecule has 0 fully saturated rings. The molecule has 0 aliphatic rings. The summed E-state index contributed by atoms with van der Waals surface area (Å²) in [6, 6.07) is 4.66. The summed E-state index contributed by atoms with van der Waals surface area (Å²) in [4.78, 5) is 11.6. The third-order valence-corrected chi connectivity index (χ3v) is 3.24. The van der Waals surface area contributed by atoms with E-state index in [4.69, 9.17) is 0 Å². The molecule has 0 aliphatic carbocycles. The lowest BCUT2D eigenvalue weighted by molar-refractivity contribution is -0.124. The van der Waals surface area contributed by atoms with Crippen molar-refractivity contribution in [2.24, 2.45) is 0 Å². The number of hydrogen-bond acceptors (Lipinski definition) is 3. The number of carbonyl (C=O) groups excluding carboxylic acids is 1. The molecule has 0 unspecified atom stereocenters. The van der Waals surface area contributed by atoms with Gasteiger partial charge in [0.25, 0.3) is 5.91 Å². The summed E-state index contributed by atoms with van der Waals surface area (Å²) >= 11 is 2.02.